The van der Waals surface area contributed by atoms with Crippen molar-refractivity contribution < 1.29 is 28.5 Å². The maximum Gasteiger partial charge on any atom is 0.511 e. The monoisotopic (exact) mass is 390 g/mol. The average molecular weight is 390 g/mol. The minimum absolute atomic E-state index is 0.218. The molecule has 1 aromatic heterocycles. The Hall–Kier alpha value is -2.58. The Kier molecular flexibility index (Phi) is 6.89. The molecule has 1 aliphatic rings. The molecule has 0 saturated carbocycles. The first-order chi connectivity index (χ1) is 13.5. The molecule has 8 heteroatoms. The van der Waals surface area contributed by atoms with Crippen molar-refractivity contribution in [3.05, 3.63) is 36.0 Å². The van der Waals surface area contributed by atoms with Gasteiger partial charge in [0.15, 0.2) is 0 Å². The van der Waals surface area contributed by atoms with E-state index in [-0.39, 0.29) is 6.10 Å². The van der Waals surface area contributed by atoms with Gasteiger partial charge in [-0.2, -0.15) is 0 Å². The number of rotatable bonds is 6. The summed E-state index contributed by atoms with van der Waals surface area (Å²) >= 11 is 0. The van der Waals surface area contributed by atoms with Crippen LogP contribution in [-0.4, -0.2) is 68.5 Å². The maximum atomic E-state index is 12.5. The highest BCUT2D eigenvalue weighted by atomic mass is 16.8. The van der Waals surface area contributed by atoms with Crippen LogP contribution < -0.4 is 0 Å². The Balaban J connectivity index is 1.56. The van der Waals surface area contributed by atoms with Crippen molar-refractivity contribution in [2.75, 3.05) is 40.6 Å². The fourth-order valence-electron chi connectivity index (χ4n) is 3.11. The lowest BCUT2D eigenvalue weighted by molar-refractivity contribution is -0.0530. The number of carbonyl (C=O) groups is 2. The molecule has 0 amide bonds. The number of nitrogens with zero attached hydrogens (tertiary/aromatic N) is 2. The van der Waals surface area contributed by atoms with E-state index < -0.39 is 19.0 Å². The lowest BCUT2D eigenvalue weighted by Gasteiger charge is -2.21. The predicted molar refractivity (Wildman–Crippen MR) is 102 cm³/mol. The van der Waals surface area contributed by atoms with Crippen molar-refractivity contribution in [2.45, 2.75) is 25.4 Å². The van der Waals surface area contributed by atoms with E-state index in [4.69, 9.17) is 18.9 Å². The van der Waals surface area contributed by atoms with E-state index in [1.54, 1.807) is 6.20 Å². The Morgan fingerprint density at radius 2 is 1.93 bits per heavy atom. The van der Waals surface area contributed by atoms with Gasteiger partial charge in [-0.15, -0.1) is 0 Å². The summed E-state index contributed by atoms with van der Waals surface area (Å²) in [4.78, 5) is 26.3. The van der Waals surface area contributed by atoms with Gasteiger partial charge in [0.1, 0.15) is 6.10 Å². The lowest BCUT2D eigenvalue weighted by atomic mass is 10.1. The van der Waals surface area contributed by atoms with Crippen molar-refractivity contribution in [3.8, 4) is 0 Å². The summed E-state index contributed by atoms with van der Waals surface area (Å²) in [6, 6.07) is 7.64. The number of hydrogen-bond acceptors (Lipinski definition) is 7. The number of hydrogen-bond donors (Lipinski definition) is 0. The molecule has 3 rings (SSSR count). The van der Waals surface area contributed by atoms with E-state index in [9.17, 15) is 9.59 Å². The van der Waals surface area contributed by atoms with Gasteiger partial charge in [-0.1, -0.05) is 18.2 Å². The van der Waals surface area contributed by atoms with Gasteiger partial charge in [0.25, 0.3) is 0 Å². The van der Waals surface area contributed by atoms with Crippen LogP contribution in [0.25, 0.3) is 10.9 Å². The smallest absolute Gasteiger partial charge is 0.431 e. The number of likely N-dealkylation sites (N-methyl/N-ethyl adjacent to an activating group) is 1. The molecule has 2 heterocycles. The molecule has 28 heavy (non-hydrogen) atoms. The zero-order valence-corrected chi connectivity index (χ0v) is 16.3. The molecule has 1 fully saturated rings. The minimum atomic E-state index is -0.844. The van der Waals surface area contributed by atoms with Crippen LogP contribution >= 0.6 is 0 Å². The number of carbonyl (C=O) groups excluding carboxylic acids is 2. The lowest BCUT2D eigenvalue weighted by Crippen LogP contribution is -2.27. The highest BCUT2D eigenvalue weighted by Crippen LogP contribution is 2.22. The normalized spacial score (nSPS) is 15.0. The molecule has 1 aliphatic heterocycles. The molecule has 2 aromatic rings. The summed E-state index contributed by atoms with van der Waals surface area (Å²) in [5.74, 6) is 0. The number of ether oxygens (including phenoxy) is 4. The molecule has 8 nitrogen and oxygen atoms in total. The first-order valence-corrected chi connectivity index (χ1v) is 9.36. The molecule has 152 valence electrons. The van der Waals surface area contributed by atoms with Crippen LogP contribution in [0.5, 0.6) is 0 Å². The zero-order chi connectivity index (χ0) is 19.9. The molecule has 0 radical (unpaired) electrons. The number of fused-ring (bicyclic) bond motifs is 1. The second-order valence-corrected chi connectivity index (χ2v) is 6.95. The van der Waals surface area contributed by atoms with Crippen LogP contribution in [0.1, 0.15) is 18.4 Å². The average Bonchev–Trinajstić information content (AvgIpc) is 3.06. The second-order valence-electron chi connectivity index (χ2n) is 6.95. The number of benzene rings is 1. The Morgan fingerprint density at radius 3 is 2.68 bits per heavy atom. The van der Waals surface area contributed by atoms with Crippen LogP contribution in [0, 0.1) is 0 Å². The van der Waals surface area contributed by atoms with Crippen molar-refractivity contribution in [2.24, 2.45) is 0 Å². The molecular weight excluding hydrogens is 364 g/mol. The second kappa shape index (κ2) is 9.57. The van der Waals surface area contributed by atoms with E-state index in [0.717, 1.165) is 29.4 Å². The molecule has 1 aromatic carbocycles. The first kappa shape index (κ1) is 20.2. The molecule has 0 bridgehead atoms. The Morgan fingerprint density at radius 1 is 1.18 bits per heavy atom. The van der Waals surface area contributed by atoms with Crippen LogP contribution in [0.3, 0.4) is 0 Å². The standard InChI is InChI=1S/C20H26N2O6/c1-21(2)10-7-15-13-22(18-6-4-3-5-17(15)18)19(23)26-14-27-20(24)28-16-8-11-25-12-9-16/h3-6,13,16H,7-12,14H2,1-2H3. The predicted octanol–water partition coefficient (Wildman–Crippen LogP) is 3.02. The first-order valence-electron chi connectivity index (χ1n) is 9.36. The highest BCUT2D eigenvalue weighted by Gasteiger charge is 2.20. The van der Waals surface area contributed by atoms with Crippen LogP contribution in [0.4, 0.5) is 9.59 Å². The third kappa shape index (κ3) is 5.24. The van der Waals surface area contributed by atoms with E-state index in [0.29, 0.717) is 26.1 Å². The molecule has 0 unspecified atom stereocenters. The van der Waals surface area contributed by atoms with Crippen molar-refractivity contribution in [3.63, 3.8) is 0 Å². The fraction of sp³-hybridized carbons (Fsp3) is 0.500. The molecule has 0 spiro atoms. The third-order valence-corrected chi connectivity index (χ3v) is 4.61. The number of para-hydroxylation sites is 1. The molecular formula is C20H26N2O6. The molecule has 0 atom stereocenters. The Labute approximate surface area is 163 Å². The maximum absolute atomic E-state index is 12.5. The van der Waals surface area contributed by atoms with Crippen LogP contribution in [0.15, 0.2) is 30.5 Å². The Bertz CT molecular complexity index is 810. The van der Waals surface area contributed by atoms with Gasteiger partial charge < -0.3 is 23.8 Å². The van der Waals surface area contributed by atoms with E-state index in [1.807, 2.05) is 38.4 Å². The van der Waals surface area contributed by atoms with Gasteiger partial charge in [0.2, 0.25) is 6.79 Å². The van der Waals surface area contributed by atoms with Crippen molar-refractivity contribution in [1.29, 1.82) is 0 Å². The summed E-state index contributed by atoms with van der Waals surface area (Å²) < 4.78 is 21.8. The summed E-state index contributed by atoms with van der Waals surface area (Å²) in [6.45, 7) is 1.48. The molecule has 0 N–H and O–H groups in total. The molecule has 0 aliphatic carbocycles. The van der Waals surface area contributed by atoms with Gasteiger partial charge >= 0.3 is 12.2 Å². The fourth-order valence-corrected chi connectivity index (χ4v) is 3.11. The molecule has 1 saturated heterocycles. The van der Waals surface area contributed by atoms with Crippen LogP contribution in [0.2, 0.25) is 0 Å². The van der Waals surface area contributed by atoms with Gasteiger partial charge in [0.05, 0.1) is 18.7 Å². The van der Waals surface area contributed by atoms with Gasteiger partial charge in [-0.25, -0.2) is 9.59 Å². The van der Waals surface area contributed by atoms with Crippen molar-refractivity contribution in [1.82, 2.24) is 9.47 Å². The number of aromatic nitrogens is 1. The van der Waals surface area contributed by atoms with E-state index in [2.05, 4.69) is 4.90 Å². The van der Waals surface area contributed by atoms with Gasteiger partial charge in [-0.05, 0) is 32.1 Å². The van der Waals surface area contributed by atoms with E-state index in [1.165, 1.54) is 4.57 Å². The van der Waals surface area contributed by atoms with Gasteiger partial charge in [-0.3, -0.25) is 4.57 Å². The summed E-state index contributed by atoms with van der Waals surface area (Å²) in [7, 11) is 4.01. The summed E-state index contributed by atoms with van der Waals surface area (Å²) in [5, 5.41) is 1.00. The summed E-state index contributed by atoms with van der Waals surface area (Å²) in [5.41, 5.74) is 1.81. The highest BCUT2D eigenvalue weighted by molar-refractivity contribution is 5.92. The minimum Gasteiger partial charge on any atom is -0.431 e. The topological polar surface area (TPSA) is 79.2 Å². The van der Waals surface area contributed by atoms with Gasteiger partial charge in [0, 0.05) is 31.0 Å². The summed E-state index contributed by atoms with van der Waals surface area (Å²) in [6.07, 6.45) is 2.19. The third-order valence-electron chi connectivity index (χ3n) is 4.61. The van der Waals surface area contributed by atoms with Crippen LogP contribution in [-0.2, 0) is 25.4 Å². The SMILES string of the molecule is CN(C)CCc1cn(C(=O)OCOC(=O)OC2CCOCC2)c2ccccc12. The quantitative estimate of drug-likeness (QED) is 0.554. The zero-order valence-electron chi connectivity index (χ0n) is 16.3. The largest absolute Gasteiger partial charge is 0.511 e. The van der Waals surface area contributed by atoms with E-state index >= 15 is 0 Å². The van der Waals surface area contributed by atoms with Crippen molar-refractivity contribution >= 4 is 23.2 Å².